The lowest BCUT2D eigenvalue weighted by Gasteiger charge is -2.23. The van der Waals surface area contributed by atoms with Gasteiger partial charge in [-0.3, -0.25) is 0 Å². The smallest absolute Gasteiger partial charge is 0.0706 e. The molecule has 1 rings (SSSR count). The Labute approximate surface area is 43.7 Å². The zero-order chi connectivity index (χ0) is 5.11. The molecule has 0 spiro atoms. The Hall–Kier alpha value is -0.480. The van der Waals surface area contributed by atoms with Crippen LogP contribution in [0.2, 0.25) is 0 Å². The fourth-order valence-corrected chi connectivity index (χ4v) is 0.559. The Bertz CT molecular complexity index is 86.8. The SMILES string of the molecule is [C]#CCC1CCO1. The molecule has 0 aromatic heterocycles. The molecule has 1 aliphatic rings. The van der Waals surface area contributed by atoms with E-state index in [2.05, 4.69) is 5.92 Å². The van der Waals surface area contributed by atoms with E-state index in [-0.39, 0.29) is 0 Å². The third-order valence-electron chi connectivity index (χ3n) is 1.12. The lowest BCUT2D eigenvalue weighted by molar-refractivity contribution is -0.0463. The van der Waals surface area contributed by atoms with Gasteiger partial charge in [0.15, 0.2) is 0 Å². The van der Waals surface area contributed by atoms with Gasteiger partial charge in [-0.05, 0) is 12.8 Å². The molecule has 37 valence electrons. The molecule has 1 unspecified atom stereocenters. The van der Waals surface area contributed by atoms with Crippen molar-refractivity contribution in [3.05, 3.63) is 6.42 Å². The van der Waals surface area contributed by atoms with Crippen LogP contribution in [0.5, 0.6) is 0 Å². The van der Waals surface area contributed by atoms with Gasteiger partial charge in [0.2, 0.25) is 0 Å². The summed E-state index contributed by atoms with van der Waals surface area (Å²) in [5.41, 5.74) is 0. The summed E-state index contributed by atoms with van der Waals surface area (Å²) >= 11 is 0. The van der Waals surface area contributed by atoms with Crippen LogP contribution in [0.3, 0.4) is 0 Å². The van der Waals surface area contributed by atoms with Crippen LogP contribution >= 0.6 is 0 Å². The van der Waals surface area contributed by atoms with E-state index in [0.29, 0.717) is 12.5 Å². The zero-order valence-electron chi connectivity index (χ0n) is 4.11. The number of hydrogen-bond donors (Lipinski definition) is 0. The van der Waals surface area contributed by atoms with Crippen LogP contribution in [0.1, 0.15) is 12.8 Å². The summed E-state index contributed by atoms with van der Waals surface area (Å²) in [6.07, 6.45) is 8.67. The second-order valence-corrected chi connectivity index (χ2v) is 1.66. The first kappa shape index (κ1) is 4.67. The van der Waals surface area contributed by atoms with Crippen LogP contribution in [0, 0.1) is 12.3 Å². The first-order valence-corrected chi connectivity index (χ1v) is 2.44. The molecule has 0 aliphatic carbocycles. The van der Waals surface area contributed by atoms with Gasteiger partial charge in [0.25, 0.3) is 0 Å². The fourth-order valence-electron chi connectivity index (χ4n) is 0.559. The van der Waals surface area contributed by atoms with E-state index in [1.807, 2.05) is 0 Å². The van der Waals surface area contributed by atoms with Gasteiger partial charge >= 0.3 is 0 Å². The molecule has 1 aliphatic heterocycles. The molecule has 1 saturated heterocycles. The van der Waals surface area contributed by atoms with Gasteiger partial charge in [-0.15, -0.1) is 0 Å². The van der Waals surface area contributed by atoms with Crippen LogP contribution in [0.15, 0.2) is 0 Å². The van der Waals surface area contributed by atoms with Gasteiger partial charge in [0.1, 0.15) is 0 Å². The highest BCUT2D eigenvalue weighted by Crippen LogP contribution is 2.12. The normalized spacial score (nSPS) is 28.1. The predicted octanol–water partition coefficient (Wildman–Crippen LogP) is 0.755. The molecule has 1 fully saturated rings. The van der Waals surface area contributed by atoms with Gasteiger partial charge in [-0.25, -0.2) is 0 Å². The van der Waals surface area contributed by atoms with E-state index in [4.69, 9.17) is 11.2 Å². The Balaban J connectivity index is 2.06. The first-order valence-electron chi connectivity index (χ1n) is 2.44. The monoisotopic (exact) mass is 95.0 g/mol. The van der Waals surface area contributed by atoms with Crippen molar-refractivity contribution in [2.75, 3.05) is 6.61 Å². The maximum Gasteiger partial charge on any atom is 0.0706 e. The number of rotatable bonds is 1. The number of ether oxygens (including phenoxy) is 1. The molecule has 7 heavy (non-hydrogen) atoms. The highest BCUT2D eigenvalue weighted by Gasteiger charge is 2.15. The van der Waals surface area contributed by atoms with Gasteiger partial charge in [0, 0.05) is 13.0 Å². The second kappa shape index (κ2) is 1.99. The third kappa shape index (κ3) is 0.942. The minimum absolute atomic E-state index is 0.331. The second-order valence-electron chi connectivity index (χ2n) is 1.66. The molecule has 1 radical (unpaired) electrons. The van der Waals surface area contributed by atoms with Crippen LogP contribution in [0.4, 0.5) is 0 Å². The average Bonchev–Trinajstić information content (AvgIpc) is 1.55. The Morgan fingerprint density at radius 3 is 2.71 bits per heavy atom. The summed E-state index contributed by atoms with van der Waals surface area (Å²) in [5.74, 6) is 2.29. The van der Waals surface area contributed by atoms with E-state index >= 15 is 0 Å². The van der Waals surface area contributed by atoms with Crippen molar-refractivity contribution in [2.24, 2.45) is 0 Å². The minimum Gasteiger partial charge on any atom is -0.377 e. The maximum atomic E-state index is 6.54. The van der Waals surface area contributed by atoms with Crippen molar-refractivity contribution < 1.29 is 4.74 Å². The molecule has 0 N–H and O–H groups in total. The largest absolute Gasteiger partial charge is 0.377 e. The average molecular weight is 95.1 g/mol. The molecule has 1 heteroatoms. The summed E-state index contributed by atoms with van der Waals surface area (Å²) < 4.78 is 4.99. The Morgan fingerprint density at radius 1 is 1.86 bits per heavy atom. The van der Waals surface area contributed by atoms with Crippen LogP contribution < -0.4 is 0 Å². The fraction of sp³-hybridized carbons (Fsp3) is 0.667. The van der Waals surface area contributed by atoms with E-state index < -0.39 is 0 Å². The molecular weight excluding hydrogens is 88.1 g/mol. The first-order chi connectivity index (χ1) is 3.43. The van der Waals surface area contributed by atoms with Crippen molar-refractivity contribution >= 4 is 0 Å². The zero-order valence-corrected chi connectivity index (χ0v) is 4.11. The quantitative estimate of drug-likeness (QED) is 0.437. The molecule has 1 nitrogen and oxygen atoms in total. The highest BCUT2D eigenvalue weighted by atomic mass is 16.5. The van der Waals surface area contributed by atoms with E-state index in [9.17, 15) is 0 Å². The molecule has 0 amide bonds. The third-order valence-corrected chi connectivity index (χ3v) is 1.12. The van der Waals surface area contributed by atoms with E-state index in [1.54, 1.807) is 0 Å². The van der Waals surface area contributed by atoms with Crippen molar-refractivity contribution in [1.29, 1.82) is 0 Å². The number of hydrogen-bond acceptors (Lipinski definition) is 1. The van der Waals surface area contributed by atoms with Crippen molar-refractivity contribution in [1.82, 2.24) is 0 Å². The Morgan fingerprint density at radius 2 is 2.57 bits per heavy atom. The summed E-state index contributed by atoms with van der Waals surface area (Å²) in [4.78, 5) is 0. The lowest BCUT2D eigenvalue weighted by atomic mass is 10.1. The summed E-state index contributed by atoms with van der Waals surface area (Å²) in [5, 5.41) is 0. The van der Waals surface area contributed by atoms with Gasteiger partial charge in [-0.2, -0.15) is 0 Å². The minimum atomic E-state index is 0.331. The molecule has 0 saturated carbocycles. The van der Waals surface area contributed by atoms with Gasteiger partial charge < -0.3 is 4.74 Å². The van der Waals surface area contributed by atoms with E-state index in [0.717, 1.165) is 13.0 Å². The van der Waals surface area contributed by atoms with Crippen LogP contribution in [-0.4, -0.2) is 12.7 Å². The van der Waals surface area contributed by atoms with Crippen molar-refractivity contribution in [3.63, 3.8) is 0 Å². The summed E-state index contributed by atoms with van der Waals surface area (Å²) in [6.45, 7) is 0.881. The summed E-state index contributed by atoms with van der Waals surface area (Å²) in [7, 11) is 0. The molecule has 1 atom stereocenters. The van der Waals surface area contributed by atoms with Gasteiger partial charge in [0.05, 0.1) is 6.10 Å². The lowest BCUT2D eigenvalue weighted by Crippen LogP contribution is -2.25. The topological polar surface area (TPSA) is 9.23 Å². The molecular formula is C6H7O. The Kier molecular flexibility index (Phi) is 1.33. The van der Waals surface area contributed by atoms with Gasteiger partial charge in [-0.1, -0.05) is 5.92 Å². The van der Waals surface area contributed by atoms with Crippen molar-refractivity contribution in [2.45, 2.75) is 18.9 Å². The maximum absolute atomic E-state index is 6.54. The standard InChI is InChI=1S/C6H7O/c1-2-3-6-4-5-7-6/h6H,3-5H2. The predicted molar refractivity (Wildman–Crippen MR) is 26.1 cm³/mol. The summed E-state index contributed by atoms with van der Waals surface area (Å²) in [6, 6.07) is 0. The molecule has 1 heterocycles. The van der Waals surface area contributed by atoms with Crippen molar-refractivity contribution in [3.8, 4) is 5.92 Å². The molecule has 0 aromatic carbocycles. The van der Waals surface area contributed by atoms with Crippen LogP contribution in [0.25, 0.3) is 0 Å². The highest BCUT2D eigenvalue weighted by molar-refractivity contribution is 4.83. The van der Waals surface area contributed by atoms with Crippen LogP contribution in [-0.2, 0) is 4.74 Å². The molecule has 0 aromatic rings. The van der Waals surface area contributed by atoms with E-state index in [1.165, 1.54) is 0 Å². The molecule has 0 bridgehead atoms.